The Balaban J connectivity index is 4.20. The Morgan fingerprint density at radius 1 is 1.33 bits per heavy atom. The predicted octanol–water partition coefficient (Wildman–Crippen LogP) is 5.59. The molecule has 0 bridgehead atoms. The molecule has 0 amide bonds. The van der Waals surface area contributed by atoms with E-state index in [0.717, 1.165) is 17.9 Å². The van der Waals surface area contributed by atoms with Crippen molar-refractivity contribution in [2.45, 2.75) is 47.5 Å². The molecule has 1 heteroatoms. The molecule has 0 heterocycles. The highest BCUT2D eigenvalue weighted by Crippen LogP contribution is 2.12. The van der Waals surface area contributed by atoms with Gasteiger partial charge in [-0.1, -0.05) is 50.8 Å². The Morgan fingerprint density at radius 2 is 2.06 bits per heavy atom. The predicted molar refractivity (Wildman–Crippen MR) is 86.6 cm³/mol. The molecule has 0 aliphatic carbocycles. The van der Waals surface area contributed by atoms with Crippen LogP contribution in [0.15, 0.2) is 34.8 Å². The topological polar surface area (TPSA) is 0 Å². The second kappa shape index (κ2) is 11.2. The molecule has 0 aromatic rings. The Bertz CT molecular complexity index is 359. The maximum atomic E-state index is 3.19. The van der Waals surface area contributed by atoms with Gasteiger partial charge in [0.25, 0.3) is 0 Å². The summed E-state index contributed by atoms with van der Waals surface area (Å²) < 4.78 is 0. The van der Waals surface area contributed by atoms with Crippen LogP contribution in [0.3, 0.4) is 0 Å². The van der Waals surface area contributed by atoms with Crippen LogP contribution < -0.4 is 0 Å². The molecule has 0 aromatic heterocycles. The minimum absolute atomic E-state index is 0.794. The van der Waals surface area contributed by atoms with Crippen LogP contribution in [-0.2, 0) is 0 Å². The normalized spacial score (nSPS) is 13.0. The largest absolute Gasteiger partial charge is 0.134 e. The molecule has 18 heavy (non-hydrogen) atoms. The van der Waals surface area contributed by atoms with Crippen LogP contribution >= 0.6 is 11.8 Å². The van der Waals surface area contributed by atoms with Crippen molar-refractivity contribution in [3.05, 3.63) is 34.8 Å². The van der Waals surface area contributed by atoms with Gasteiger partial charge in [0.15, 0.2) is 0 Å². The Morgan fingerprint density at radius 3 is 2.61 bits per heavy atom. The summed E-state index contributed by atoms with van der Waals surface area (Å²) in [6.45, 7) is 10.8. The summed E-state index contributed by atoms with van der Waals surface area (Å²) >= 11 is 1.88. The van der Waals surface area contributed by atoms with E-state index in [1.807, 2.05) is 18.7 Å². The zero-order valence-electron chi connectivity index (χ0n) is 12.4. The first-order valence-electron chi connectivity index (χ1n) is 6.72. The van der Waals surface area contributed by atoms with Gasteiger partial charge in [-0.25, -0.2) is 0 Å². The molecule has 0 N–H and O–H groups in total. The van der Waals surface area contributed by atoms with Crippen molar-refractivity contribution in [1.29, 1.82) is 0 Å². The van der Waals surface area contributed by atoms with E-state index in [1.54, 1.807) is 0 Å². The van der Waals surface area contributed by atoms with E-state index in [9.17, 15) is 0 Å². The van der Waals surface area contributed by atoms with Gasteiger partial charge in [0.2, 0.25) is 0 Å². The molecule has 0 rings (SSSR count). The minimum Gasteiger partial charge on any atom is -0.134 e. The fourth-order valence-corrected chi connectivity index (χ4v) is 2.22. The smallest absolute Gasteiger partial charge is 0.0231 e. The third-order valence-corrected chi connectivity index (χ3v) is 3.27. The van der Waals surface area contributed by atoms with Crippen LogP contribution in [0.2, 0.25) is 0 Å². The summed E-state index contributed by atoms with van der Waals surface area (Å²) in [4.78, 5) is 0. The van der Waals surface area contributed by atoms with Gasteiger partial charge >= 0.3 is 0 Å². The fourth-order valence-electron chi connectivity index (χ4n) is 1.28. The molecule has 0 saturated carbocycles. The number of thioether (sulfide) groups is 1. The van der Waals surface area contributed by atoms with Crippen molar-refractivity contribution in [2.24, 2.45) is 5.92 Å². The highest BCUT2D eigenvalue weighted by atomic mass is 32.2. The van der Waals surface area contributed by atoms with Gasteiger partial charge < -0.3 is 0 Å². The molecule has 0 fully saturated rings. The molecule has 0 nitrogen and oxygen atoms in total. The maximum Gasteiger partial charge on any atom is 0.0231 e. The molecule has 0 aliphatic rings. The lowest BCUT2D eigenvalue weighted by molar-refractivity contribution is 0.632. The Kier molecular flexibility index (Phi) is 10.7. The number of allylic oxidation sites excluding steroid dienone is 5. The van der Waals surface area contributed by atoms with Gasteiger partial charge in [-0.2, -0.15) is 0 Å². The zero-order chi connectivity index (χ0) is 13.8. The van der Waals surface area contributed by atoms with E-state index in [0.29, 0.717) is 0 Å². The molecule has 0 aromatic carbocycles. The van der Waals surface area contributed by atoms with Gasteiger partial charge in [-0.05, 0) is 42.9 Å². The SMILES string of the molecule is C\C=C(C#CCC)/C(C)=C/C=C\SCCC(C)C. The molecule has 0 unspecified atom stereocenters. The lowest BCUT2D eigenvalue weighted by atomic mass is 10.1. The van der Waals surface area contributed by atoms with E-state index in [2.05, 4.69) is 63.2 Å². The third kappa shape index (κ3) is 9.19. The Labute approximate surface area is 118 Å². The fraction of sp³-hybridized carbons (Fsp3) is 0.529. The Hall–Kier alpha value is -0.870. The number of hydrogen-bond acceptors (Lipinski definition) is 1. The molecule has 0 radical (unpaired) electrons. The quantitative estimate of drug-likeness (QED) is 0.342. The maximum absolute atomic E-state index is 3.19. The molecule has 0 spiro atoms. The van der Waals surface area contributed by atoms with Crippen LogP contribution in [0, 0.1) is 17.8 Å². The number of rotatable bonds is 6. The lowest BCUT2D eigenvalue weighted by Gasteiger charge is -2.00. The standard InChI is InChI=1S/C17H26S/c1-6-8-11-17(7-2)16(5)10-9-13-18-14-12-15(3)4/h7,9-10,13,15H,6,12,14H2,1-5H3/b13-9-,16-10+,17-7-. The van der Waals surface area contributed by atoms with Crippen molar-refractivity contribution in [3.8, 4) is 11.8 Å². The molecule has 100 valence electrons. The van der Waals surface area contributed by atoms with Crippen molar-refractivity contribution in [3.63, 3.8) is 0 Å². The third-order valence-electron chi connectivity index (χ3n) is 2.45. The summed E-state index contributed by atoms with van der Waals surface area (Å²) in [5.74, 6) is 8.30. The monoisotopic (exact) mass is 262 g/mol. The van der Waals surface area contributed by atoms with E-state index >= 15 is 0 Å². The van der Waals surface area contributed by atoms with Gasteiger partial charge in [-0.15, -0.1) is 11.8 Å². The highest BCUT2D eigenvalue weighted by molar-refractivity contribution is 8.02. The van der Waals surface area contributed by atoms with E-state index in [4.69, 9.17) is 0 Å². The van der Waals surface area contributed by atoms with E-state index in [1.165, 1.54) is 17.7 Å². The van der Waals surface area contributed by atoms with Crippen molar-refractivity contribution in [1.82, 2.24) is 0 Å². The zero-order valence-corrected chi connectivity index (χ0v) is 13.2. The van der Waals surface area contributed by atoms with Gasteiger partial charge in [0.05, 0.1) is 0 Å². The number of hydrogen-bond donors (Lipinski definition) is 0. The van der Waals surface area contributed by atoms with Crippen molar-refractivity contribution < 1.29 is 0 Å². The second-order valence-corrected chi connectivity index (χ2v) is 5.60. The molecule has 0 atom stereocenters. The van der Waals surface area contributed by atoms with Crippen LogP contribution in [0.4, 0.5) is 0 Å². The first-order chi connectivity index (χ1) is 8.61. The van der Waals surface area contributed by atoms with Gasteiger partial charge in [0, 0.05) is 12.0 Å². The first kappa shape index (κ1) is 17.1. The van der Waals surface area contributed by atoms with E-state index in [-0.39, 0.29) is 0 Å². The molecule has 0 aliphatic heterocycles. The van der Waals surface area contributed by atoms with Gasteiger partial charge in [-0.3, -0.25) is 0 Å². The van der Waals surface area contributed by atoms with Crippen LogP contribution in [0.1, 0.15) is 47.5 Å². The van der Waals surface area contributed by atoms with Crippen LogP contribution in [-0.4, -0.2) is 5.75 Å². The average molecular weight is 262 g/mol. The van der Waals surface area contributed by atoms with E-state index < -0.39 is 0 Å². The summed E-state index contributed by atoms with van der Waals surface area (Å²) in [5, 5.41) is 2.17. The summed E-state index contributed by atoms with van der Waals surface area (Å²) in [6.07, 6.45) is 8.53. The van der Waals surface area contributed by atoms with Gasteiger partial charge in [0.1, 0.15) is 0 Å². The van der Waals surface area contributed by atoms with Crippen LogP contribution in [0.25, 0.3) is 0 Å². The molecule has 0 saturated heterocycles. The molecular formula is C17H26S. The van der Waals surface area contributed by atoms with Crippen LogP contribution in [0.5, 0.6) is 0 Å². The first-order valence-corrected chi connectivity index (χ1v) is 7.77. The average Bonchev–Trinajstić information content (AvgIpc) is 2.34. The van der Waals surface area contributed by atoms with Crippen molar-refractivity contribution in [2.75, 3.05) is 5.75 Å². The summed E-state index contributed by atoms with van der Waals surface area (Å²) in [5.41, 5.74) is 2.37. The lowest BCUT2D eigenvalue weighted by Crippen LogP contribution is -1.87. The summed E-state index contributed by atoms with van der Waals surface area (Å²) in [7, 11) is 0. The molecular weight excluding hydrogens is 236 g/mol. The second-order valence-electron chi connectivity index (χ2n) is 4.59. The summed E-state index contributed by atoms with van der Waals surface area (Å²) in [6, 6.07) is 0. The van der Waals surface area contributed by atoms with Crippen molar-refractivity contribution >= 4 is 11.8 Å². The highest BCUT2D eigenvalue weighted by Gasteiger charge is 1.93. The minimum atomic E-state index is 0.794.